The van der Waals surface area contributed by atoms with E-state index in [1.54, 1.807) is 0 Å². The predicted octanol–water partition coefficient (Wildman–Crippen LogP) is 2.15. The molecule has 0 aromatic heterocycles. The Hall–Kier alpha value is -1.64. The van der Waals surface area contributed by atoms with Gasteiger partial charge in [-0.25, -0.2) is 0 Å². The van der Waals surface area contributed by atoms with Gasteiger partial charge in [0.2, 0.25) is 0 Å². The lowest BCUT2D eigenvalue weighted by molar-refractivity contribution is 0.0918. The van der Waals surface area contributed by atoms with E-state index in [1.807, 2.05) is 45.2 Å². The highest BCUT2D eigenvalue weighted by Gasteiger charge is 2.20. The molecule has 1 heterocycles. The van der Waals surface area contributed by atoms with Crippen molar-refractivity contribution in [1.82, 2.24) is 5.32 Å². The third-order valence-corrected chi connectivity index (χ3v) is 2.43. The fraction of sp³-hybridized carbons (Fsp3) is 0.385. The lowest BCUT2D eigenvalue weighted by atomic mass is 10.0. The van der Waals surface area contributed by atoms with Gasteiger partial charge >= 0.3 is 0 Å². The standard InChI is InChI=1S/C13H16N2O/c1-13(2,3)15-12(16)10-6-4-5-9-7-14-8-11(9)10/h4-7H,8H2,1-3H3,(H,15,16). The van der Waals surface area contributed by atoms with Crippen LogP contribution in [0.25, 0.3) is 0 Å². The summed E-state index contributed by atoms with van der Waals surface area (Å²) in [6, 6.07) is 5.74. The van der Waals surface area contributed by atoms with E-state index in [-0.39, 0.29) is 11.4 Å². The SMILES string of the molecule is CC(C)(C)NC(=O)c1cccc2c1CN=C2. The van der Waals surface area contributed by atoms with Crippen LogP contribution >= 0.6 is 0 Å². The summed E-state index contributed by atoms with van der Waals surface area (Å²) in [7, 11) is 0. The first-order valence-electron chi connectivity index (χ1n) is 5.41. The lowest BCUT2D eigenvalue weighted by Crippen LogP contribution is -2.40. The number of carbonyl (C=O) groups excluding carboxylic acids is 1. The van der Waals surface area contributed by atoms with Gasteiger partial charge in [-0.15, -0.1) is 0 Å². The summed E-state index contributed by atoms with van der Waals surface area (Å²) < 4.78 is 0. The summed E-state index contributed by atoms with van der Waals surface area (Å²) in [4.78, 5) is 16.2. The maximum atomic E-state index is 12.1. The third-order valence-electron chi connectivity index (χ3n) is 2.43. The fourth-order valence-corrected chi connectivity index (χ4v) is 1.76. The van der Waals surface area contributed by atoms with Gasteiger partial charge in [-0.05, 0) is 38.0 Å². The minimum atomic E-state index is -0.209. The van der Waals surface area contributed by atoms with E-state index >= 15 is 0 Å². The van der Waals surface area contributed by atoms with Crippen LogP contribution in [-0.2, 0) is 6.54 Å². The predicted molar refractivity (Wildman–Crippen MR) is 65.0 cm³/mol. The number of fused-ring (bicyclic) bond motifs is 1. The zero-order valence-electron chi connectivity index (χ0n) is 9.87. The van der Waals surface area contributed by atoms with Crippen molar-refractivity contribution in [3.8, 4) is 0 Å². The Morgan fingerprint density at radius 2 is 2.12 bits per heavy atom. The monoisotopic (exact) mass is 216 g/mol. The topological polar surface area (TPSA) is 41.5 Å². The second kappa shape index (κ2) is 3.74. The van der Waals surface area contributed by atoms with Gasteiger partial charge in [0.1, 0.15) is 0 Å². The van der Waals surface area contributed by atoms with E-state index in [4.69, 9.17) is 0 Å². The van der Waals surface area contributed by atoms with Crippen molar-refractivity contribution in [2.75, 3.05) is 0 Å². The van der Waals surface area contributed by atoms with Gasteiger partial charge in [-0.2, -0.15) is 0 Å². The van der Waals surface area contributed by atoms with Crippen LogP contribution in [-0.4, -0.2) is 17.7 Å². The molecule has 0 unspecified atom stereocenters. The molecule has 2 rings (SSSR count). The molecule has 1 amide bonds. The van der Waals surface area contributed by atoms with Crippen LogP contribution in [0.3, 0.4) is 0 Å². The first-order chi connectivity index (χ1) is 7.47. The Balaban J connectivity index is 2.29. The summed E-state index contributed by atoms with van der Waals surface area (Å²) in [6.45, 7) is 6.54. The van der Waals surface area contributed by atoms with E-state index in [1.165, 1.54) is 0 Å². The van der Waals surface area contributed by atoms with Crippen LogP contribution in [0.5, 0.6) is 0 Å². The molecule has 1 aromatic rings. The smallest absolute Gasteiger partial charge is 0.252 e. The van der Waals surface area contributed by atoms with Crippen LogP contribution in [0.15, 0.2) is 23.2 Å². The highest BCUT2D eigenvalue weighted by molar-refractivity contribution is 5.99. The van der Waals surface area contributed by atoms with Crippen LogP contribution in [0, 0.1) is 0 Å². The molecule has 0 saturated carbocycles. The molecular formula is C13H16N2O. The lowest BCUT2D eigenvalue weighted by Gasteiger charge is -2.21. The Morgan fingerprint density at radius 1 is 1.38 bits per heavy atom. The van der Waals surface area contributed by atoms with Crippen molar-refractivity contribution in [3.63, 3.8) is 0 Å². The number of hydrogen-bond acceptors (Lipinski definition) is 2. The van der Waals surface area contributed by atoms with Crippen molar-refractivity contribution in [3.05, 3.63) is 34.9 Å². The molecule has 3 nitrogen and oxygen atoms in total. The Morgan fingerprint density at radius 3 is 2.81 bits per heavy atom. The normalized spacial score (nSPS) is 13.7. The quantitative estimate of drug-likeness (QED) is 0.767. The second-order valence-electron chi connectivity index (χ2n) is 5.05. The highest BCUT2D eigenvalue weighted by atomic mass is 16.1. The number of rotatable bonds is 1. The van der Waals surface area contributed by atoms with E-state index in [2.05, 4.69) is 10.3 Å². The average molecular weight is 216 g/mol. The van der Waals surface area contributed by atoms with Crippen LogP contribution in [0.4, 0.5) is 0 Å². The Labute approximate surface area is 95.6 Å². The minimum absolute atomic E-state index is 0.0187. The van der Waals surface area contributed by atoms with Gasteiger partial charge in [-0.3, -0.25) is 9.79 Å². The highest BCUT2D eigenvalue weighted by Crippen LogP contribution is 2.19. The molecule has 1 N–H and O–H groups in total. The van der Waals surface area contributed by atoms with Crippen molar-refractivity contribution in [1.29, 1.82) is 0 Å². The molecule has 0 fully saturated rings. The first-order valence-corrected chi connectivity index (χ1v) is 5.41. The zero-order chi connectivity index (χ0) is 11.8. The minimum Gasteiger partial charge on any atom is -0.347 e. The zero-order valence-corrected chi connectivity index (χ0v) is 9.87. The summed E-state index contributed by atoms with van der Waals surface area (Å²) in [5.74, 6) is -0.0187. The number of nitrogens with one attached hydrogen (secondary N) is 1. The average Bonchev–Trinajstić information content (AvgIpc) is 2.61. The molecule has 0 bridgehead atoms. The molecule has 3 heteroatoms. The molecule has 0 atom stereocenters. The van der Waals surface area contributed by atoms with Gasteiger partial charge in [-0.1, -0.05) is 12.1 Å². The van der Waals surface area contributed by atoms with Gasteiger partial charge < -0.3 is 5.32 Å². The maximum Gasteiger partial charge on any atom is 0.252 e. The molecule has 1 aliphatic heterocycles. The van der Waals surface area contributed by atoms with E-state index < -0.39 is 0 Å². The Bertz CT molecular complexity index is 455. The third kappa shape index (κ3) is 2.13. The molecule has 84 valence electrons. The van der Waals surface area contributed by atoms with Gasteiger partial charge in [0.25, 0.3) is 5.91 Å². The van der Waals surface area contributed by atoms with Crippen LogP contribution in [0.1, 0.15) is 42.3 Å². The van der Waals surface area contributed by atoms with E-state index in [0.29, 0.717) is 6.54 Å². The van der Waals surface area contributed by atoms with E-state index in [9.17, 15) is 4.79 Å². The second-order valence-corrected chi connectivity index (χ2v) is 5.05. The molecule has 1 aromatic carbocycles. The largest absolute Gasteiger partial charge is 0.347 e. The first kappa shape index (κ1) is 10.9. The molecule has 0 spiro atoms. The number of nitrogens with zero attached hydrogens (tertiary/aromatic N) is 1. The summed E-state index contributed by atoms with van der Waals surface area (Å²) in [6.07, 6.45) is 1.82. The van der Waals surface area contributed by atoms with Crippen LogP contribution in [0.2, 0.25) is 0 Å². The number of hydrogen-bond donors (Lipinski definition) is 1. The van der Waals surface area contributed by atoms with Crippen molar-refractivity contribution in [2.45, 2.75) is 32.9 Å². The molecule has 16 heavy (non-hydrogen) atoms. The molecule has 0 radical (unpaired) electrons. The summed E-state index contributed by atoms with van der Waals surface area (Å²) in [5, 5.41) is 2.97. The fourth-order valence-electron chi connectivity index (χ4n) is 1.76. The number of carbonyl (C=O) groups is 1. The van der Waals surface area contributed by atoms with Gasteiger partial charge in [0, 0.05) is 17.3 Å². The number of benzene rings is 1. The number of aliphatic imine (C=N–C) groups is 1. The molecule has 1 aliphatic rings. The molecular weight excluding hydrogens is 200 g/mol. The van der Waals surface area contributed by atoms with Crippen molar-refractivity contribution in [2.24, 2.45) is 4.99 Å². The summed E-state index contributed by atoms with van der Waals surface area (Å²) in [5.41, 5.74) is 2.62. The Kier molecular flexibility index (Phi) is 2.54. The summed E-state index contributed by atoms with van der Waals surface area (Å²) >= 11 is 0. The van der Waals surface area contributed by atoms with E-state index in [0.717, 1.165) is 16.7 Å². The van der Waals surface area contributed by atoms with Gasteiger partial charge in [0.05, 0.1) is 6.54 Å². The number of amides is 1. The molecule has 0 saturated heterocycles. The molecule has 0 aliphatic carbocycles. The van der Waals surface area contributed by atoms with Crippen molar-refractivity contribution >= 4 is 12.1 Å². The van der Waals surface area contributed by atoms with Crippen molar-refractivity contribution < 1.29 is 4.79 Å². The maximum absolute atomic E-state index is 12.1. The van der Waals surface area contributed by atoms with Crippen LogP contribution < -0.4 is 5.32 Å². The van der Waals surface area contributed by atoms with Gasteiger partial charge in [0.15, 0.2) is 0 Å².